The number of methoxy groups -OCH3 is 1. The van der Waals surface area contributed by atoms with Gasteiger partial charge in [0.25, 0.3) is 0 Å². The minimum Gasteiger partial charge on any atom is -0.375 e. The summed E-state index contributed by atoms with van der Waals surface area (Å²) in [6.45, 7) is 3.23. The Hall–Kier alpha value is 0.160. The highest BCUT2D eigenvalue weighted by Gasteiger charge is 2.63. The van der Waals surface area contributed by atoms with E-state index < -0.39 is 0 Å². The van der Waals surface area contributed by atoms with Crippen molar-refractivity contribution < 1.29 is 9.53 Å². The SMILES string of the molecule is COCC(=O)N1CC2C(C[C@H]1C)NC1(C3CCCC3)C(Cl)C(Br)CCC21. The van der Waals surface area contributed by atoms with E-state index >= 15 is 0 Å². The second-order valence-electron chi connectivity index (χ2n) is 8.99. The summed E-state index contributed by atoms with van der Waals surface area (Å²) in [4.78, 5) is 15.0. The Kier molecular flexibility index (Phi) is 5.64. The molecule has 7 atom stereocenters. The average molecular weight is 448 g/mol. The molecule has 4 aliphatic rings. The Morgan fingerprint density at radius 3 is 2.73 bits per heavy atom. The van der Waals surface area contributed by atoms with Crippen molar-refractivity contribution in [3.8, 4) is 0 Å². The highest BCUT2D eigenvalue weighted by molar-refractivity contribution is 9.09. The number of nitrogens with one attached hydrogen (secondary N) is 1. The fourth-order valence-corrected chi connectivity index (χ4v) is 7.92. The van der Waals surface area contributed by atoms with Crippen molar-refractivity contribution in [2.45, 2.75) is 79.7 Å². The van der Waals surface area contributed by atoms with Crippen molar-refractivity contribution in [2.75, 3.05) is 20.3 Å². The Labute approximate surface area is 170 Å². The van der Waals surface area contributed by atoms with Gasteiger partial charge in [-0.25, -0.2) is 0 Å². The van der Waals surface area contributed by atoms with Gasteiger partial charge in [0, 0.05) is 36.1 Å². The predicted octanol–water partition coefficient (Wildman–Crippen LogP) is 3.55. The molecule has 0 aromatic carbocycles. The van der Waals surface area contributed by atoms with Gasteiger partial charge in [0.1, 0.15) is 6.61 Å². The van der Waals surface area contributed by atoms with E-state index in [4.69, 9.17) is 16.3 Å². The van der Waals surface area contributed by atoms with Gasteiger partial charge in [0.05, 0.1) is 5.38 Å². The van der Waals surface area contributed by atoms with E-state index in [1.54, 1.807) is 7.11 Å². The van der Waals surface area contributed by atoms with Gasteiger partial charge < -0.3 is 15.0 Å². The first-order valence-corrected chi connectivity index (χ1v) is 11.7. The molecule has 1 amide bonds. The van der Waals surface area contributed by atoms with Crippen LogP contribution in [0.3, 0.4) is 0 Å². The molecule has 0 radical (unpaired) electrons. The van der Waals surface area contributed by atoms with Gasteiger partial charge in [-0.1, -0.05) is 28.8 Å². The molecule has 1 N–H and O–H groups in total. The summed E-state index contributed by atoms with van der Waals surface area (Å²) in [5, 5.41) is 4.25. The van der Waals surface area contributed by atoms with Gasteiger partial charge in [-0.15, -0.1) is 11.6 Å². The first-order valence-electron chi connectivity index (χ1n) is 10.3. The minimum absolute atomic E-state index is 0.0415. The molecule has 2 heterocycles. The Morgan fingerprint density at radius 1 is 1.31 bits per heavy atom. The normalized spacial score (nSPS) is 46.2. The molecule has 4 rings (SSSR count). The lowest BCUT2D eigenvalue weighted by molar-refractivity contribution is -0.140. The Balaban J connectivity index is 1.63. The zero-order valence-corrected chi connectivity index (χ0v) is 18.3. The van der Waals surface area contributed by atoms with E-state index in [1.165, 1.54) is 32.1 Å². The summed E-state index contributed by atoms with van der Waals surface area (Å²) < 4.78 is 5.12. The molecule has 26 heavy (non-hydrogen) atoms. The number of piperidine rings is 1. The Bertz CT molecular complexity index is 540. The van der Waals surface area contributed by atoms with Crippen LogP contribution in [0.25, 0.3) is 0 Å². The maximum atomic E-state index is 12.6. The van der Waals surface area contributed by atoms with E-state index in [-0.39, 0.29) is 29.5 Å². The molecular formula is C20H32BrClN2O2. The molecule has 0 aromatic rings. The van der Waals surface area contributed by atoms with Gasteiger partial charge in [-0.2, -0.15) is 0 Å². The van der Waals surface area contributed by atoms with Crippen LogP contribution in [-0.4, -0.2) is 58.9 Å². The number of halogens is 2. The van der Waals surface area contributed by atoms with Gasteiger partial charge in [0.15, 0.2) is 0 Å². The molecule has 6 unspecified atom stereocenters. The maximum Gasteiger partial charge on any atom is 0.248 e. The van der Waals surface area contributed by atoms with E-state index in [2.05, 4.69) is 33.1 Å². The summed E-state index contributed by atoms with van der Waals surface area (Å²) in [6.07, 6.45) is 8.65. The lowest BCUT2D eigenvalue weighted by atomic mass is 9.63. The largest absolute Gasteiger partial charge is 0.375 e. The molecule has 0 bridgehead atoms. The fourth-order valence-electron chi connectivity index (χ4n) is 6.68. The zero-order chi connectivity index (χ0) is 18.5. The molecule has 148 valence electrons. The third-order valence-corrected chi connectivity index (χ3v) is 9.72. The number of carbonyl (C=O) groups is 1. The fraction of sp³-hybridized carbons (Fsp3) is 0.950. The molecular weight excluding hydrogens is 416 g/mol. The van der Waals surface area contributed by atoms with E-state index in [0.717, 1.165) is 19.4 Å². The smallest absolute Gasteiger partial charge is 0.248 e. The monoisotopic (exact) mass is 446 g/mol. The van der Waals surface area contributed by atoms with Crippen LogP contribution < -0.4 is 5.32 Å². The zero-order valence-electron chi connectivity index (χ0n) is 15.9. The van der Waals surface area contributed by atoms with E-state index in [9.17, 15) is 4.79 Å². The number of nitrogens with zero attached hydrogens (tertiary/aromatic N) is 1. The number of ether oxygens (including phenoxy) is 1. The van der Waals surface area contributed by atoms with Crippen molar-refractivity contribution in [3.05, 3.63) is 0 Å². The van der Waals surface area contributed by atoms with Crippen LogP contribution in [0, 0.1) is 17.8 Å². The molecule has 4 fully saturated rings. The topological polar surface area (TPSA) is 41.6 Å². The number of fused-ring (bicyclic) bond motifs is 3. The highest BCUT2D eigenvalue weighted by atomic mass is 79.9. The van der Waals surface area contributed by atoms with Crippen molar-refractivity contribution in [1.82, 2.24) is 10.2 Å². The summed E-state index contributed by atoms with van der Waals surface area (Å²) in [5.41, 5.74) is 0.0415. The van der Waals surface area contributed by atoms with Crippen molar-refractivity contribution in [2.24, 2.45) is 17.8 Å². The first-order chi connectivity index (χ1) is 12.5. The molecule has 0 spiro atoms. The standard InChI is InChI=1S/C20H32BrClN2O2/c1-12-9-17-14(10-24(12)18(25)11-26-2)15-7-8-16(21)19(22)20(15,23-17)13-5-3-4-6-13/h12-17,19,23H,3-11H2,1-2H3/t12-,14?,15?,16?,17?,19?,20?/m1/s1. The van der Waals surface area contributed by atoms with Crippen LogP contribution in [0.2, 0.25) is 0 Å². The number of alkyl halides is 2. The summed E-state index contributed by atoms with van der Waals surface area (Å²) >= 11 is 11.0. The number of amides is 1. The number of rotatable bonds is 3. The van der Waals surface area contributed by atoms with E-state index in [0.29, 0.717) is 28.6 Å². The molecule has 2 aliphatic carbocycles. The molecule has 2 saturated carbocycles. The number of carbonyl (C=O) groups excluding carboxylic acids is 1. The van der Waals surface area contributed by atoms with Gasteiger partial charge in [-0.05, 0) is 56.8 Å². The second kappa shape index (κ2) is 7.53. The van der Waals surface area contributed by atoms with E-state index in [1.807, 2.05) is 0 Å². The maximum absolute atomic E-state index is 12.6. The third kappa shape index (κ3) is 2.96. The third-order valence-electron chi connectivity index (χ3n) is 7.76. The molecule has 6 heteroatoms. The van der Waals surface area contributed by atoms with Crippen molar-refractivity contribution in [3.63, 3.8) is 0 Å². The second-order valence-corrected chi connectivity index (χ2v) is 10.6. The van der Waals surface area contributed by atoms with Crippen LogP contribution in [0.4, 0.5) is 0 Å². The summed E-state index contributed by atoms with van der Waals surface area (Å²) in [7, 11) is 1.60. The Morgan fingerprint density at radius 2 is 2.04 bits per heavy atom. The summed E-state index contributed by atoms with van der Waals surface area (Å²) in [6, 6.07) is 0.752. The number of hydrogen-bond acceptors (Lipinski definition) is 3. The van der Waals surface area contributed by atoms with Crippen LogP contribution in [0.5, 0.6) is 0 Å². The van der Waals surface area contributed by atoms with Crippen LogP contribution in [-0.2, 0) is 9.53 Å². The van der Waals surface area contributed by atoms with Crippen molar-refractivity contribution in [1.29, 1.82) is 0 Å². The van der Waals surface area contributed by atoms with Gasteiger partial charge >= 0.3 is 0 Å². The highest BCUT2D eigenvalue weighted by Crippen LogP contribution is 2.57. The molecule has 2 aliphatic heterocycles. The first kappa shape index (κ1) is 19.5. The molecule has 4 nitrogen and oxygen atoms in total. The van der Waals surface area contributed by atoms with Gasteiger partial charge in [-0.3, -0.25) is 4.79 Å². The molecule has 2 saturated heterocycles. The van der Waals surface area contributed by atoms with Crippen LogP contribution in [0.15, 0.2) is 0 Å². The lowest BCUT2D eigenvalue weighted by Gasteiger charge is -2.51. The van der Waals surface area contributed by atoms with Crippen LogP contribution >= 0.6 is 27.5 Å². The predicted molar refractivity (Wildman–Crippen MR) is 108 cm³/mol. The summed E-state index contributed by atoms with van der Waals surface area (Å²) in [5.74, 6) is 1.92. The lowest BCUT2D eigenvalue weighted by Crippen LogP contribution is -2.63. The number of hydrogen-bond donors (Lipinski definition) is 1. The average Bonchev–Trinajstić information content (AvgIpc) is 3.24. The number of likely N-dealkylation sites (tertiary alicyclic amines) is 1. The van der Waals surface area contributed by atoms with Crippen LogP contribution in [0.1, 0.15) is 51.9 Å². The van der Waals surface area contributed by atoms with Crippen molar-refractivity contribution >= 4 is 33.4 Å². The quantitative estimate of drug-likeness (QED) is 0.673. The minimum atomic E-state index is 0.0415. The van der Waals surface area contributed by atoms with Gasteiger partial charge in [0.2, 0.25) is 5.91 Å². The molecule has 0 aromatic heterocycles.